The number of unbranched alkanes of at least 4 members (excludes halogenated alkanes) is 1. The van der Waals surface area contributed by atoms with Gasteiger partial charge in [0, 0.05) is 25.9 Å². The first-order valence-electron chi connectivity index (χ1n) is 5.37. The second kappa shape index (κ2) is 8.10. The fourth-order valence-electron chi connectivity index (χ4n) is 1.14. The van der Waals surface area contributed by atoms with Gasteiger partial charge < -0.3 is 4.90 Å². The molecule has 0 bridgehead atoms. The number of hydrogen-bond acceptors (Lipinski definition) is 1. The summed E-state index contributed by atoms with van der Waals surface area (Å²) in [7, 11) is 1.88. The molecule has 0 fully saturated rings. The monoisotopic (exact) mass is 219 g/mol. The van der Waals surface area contributed by atoms with Crippen LogP contribution >= 0.6 is 11.6 Å². The third-order valence-corrected chi connectivity index (χ3v) is 2.51. The fraction of sp³-hybridized carbons (Fsp3) is 0.909. The van der Waals surface area contributed by atoms with Crippen molar-refractivity contribution < 1.29 is 4.79 Å². The van der Waals surface area contributed by atoms with Crippen LogP contribution in [0.1, 0.15) is 39.5 Å². The molecule has 0 aromatic heterocycles. The molecule has 0 aliphatic rings. The predicted molar refractivity (Wildman–Crippen MR) is 61.7 cm³/mol. The molecule has 2 nitrogen and oxygen atoms in total. The highest BCUT2D eigenvalue weighted by atomic mass is 35.5. The number of rotatable bonds is 7. The molecule has 0 N–H and O–H groups in total. The maximum atomic E-state index is 11.5. The van der Waals surface area contributed by atoms with Crippen molar-refractivity contribution in [2.45, 2.75) is 39.5 Å². The van der Waals surface area contributed by atoms with Gasteiger partial charge in [0.15, 0.2) is 0 Å². The molecule has 0 aromatic rings. The summed E-state index contributed by atoms with van der Waals surface area (Å²) in [5.41, 5.74) is 0. The number of hydrogen-bond donors (Lipinski definition) is 0. The third-order valence-electron chi connectivity index (χ3n) is 2.24. The van der Waals surface area contributed by atoms with Gasteiger partial charge in [0.1, 0.15) is 0 Å². The van der Waals surface area contributed by atoms with E-state index in [9.17, 15) is 4.79 Å². The molecule has 0 saturated carbocycles. The molecular weight excluding hydrogens is 198 g/mol. The lowest BCUT2D eigenvalue weighted by Gasteiger charge is -2.18. The number of halogens is 1. The molecule has 14 heavy (non-hydrogen) atoms. The van der Waals surface area contributed by atoms with Crippen molar-refractivity contribution in [2.75, 3.05) is 19.5 Å². The van der Waals surface area contributed by atoms with Crippen LogP contribution in [0.4, 0.5) is 0 Å². The summed E-state index contributed by atoms with van der Waals surface area (Å²) in [6.45, 7) is 5.22. The van der Waals surface area contributed by atoms with Crippen LogP contribution in [0.3, 0.4) is 0 Å². The summed E-state index contributed by atoms with van der Waals surface area (Å²) in [6.07, 6.45) is 3.57. The van der Waals surface area contributed by atoms with Crippen LogP contribution in [-0.2, 0) is 4.79 Å². The van der Waals surface area contributed by atoms with Crippen LogP contribution in [0.15, 0.2) is 0 Å². The summed E-state index contributed by atoms with van der Waals surface area (Å²) in [5.74, 6) is 1.56. The summed E-state index contributed by atoms with van der Waals surface area (Å²) in [4.78, 5) is 13.3. The molecule has 0 atom stereocenters. The van der Waals surface area contributed by atoms with Crippen LogP contribution in [0, 0.1) is 5.92 Å². The van der Waals surface area contributed by atoms with E-state index in [1.165, 1.54) is 0 Å². The highest BCUT2D eigenvalue weighted by Gasteiger charge is 2.08. The Morgan fingerprint density at radius 1 is 1.36 bits per heavy atom. The maximum Gasteiger partial charge on any atom is 0.222 e. The Labute approximate surface area is 92.6 Å². The molecule has 0 heterocycles. The van der Waals surface area contributed by atoms with E-state index < -0.39 is 0 Å². The van der Waals surface area contributed by atoms with Gasteiger partial charge in [-0.25, -0.2) is 0 Å². The molecule has 0 aromatic carbocycles. The molecule has 84 valence electrons. The quantitative estimate of drug-likeness (QED) is 0.476. The van der Waals surface area contributed by atoms with E-state index in [-0.39, 0.29) is 5.91 Å². The summed E-state index contributed by atoms with van der Waals surface area (Å²) < 4.78 is 0. The highest BCUT2D eigenvalue weighted by molar-refractivity contribution is 6.17. The van der Waals surface area contributed by atoms with Gasteiger partial charge in [-0.1, -0.05) is 13.8 Å². The Morgan fingerprint density at radius 3 is 2.50 bits per heavy atom. The number of carbonyl (C=O) groups excluding carboxylic acids is 1. The van der Waals surface area contributed by atoms with Crippen molar-refractivity contribution in [3.8, 4) is 0 Å². The molecule has 0 aliphatic carbocycles. The van der Waals surface area contributed by atoms with E-state index in [0.717, 1.165) is 25.8 Å². The van der Waals surface area contributed by atoms with Gasteiger partial charge in [-0.15, -0.1) is 11.6 Å². The lowest BCUT2D eigenvalue weighted by Crippen LogP contribution is -2.28. The van der Waals surface area contributed by atoms with Crippen LogP contribution in [0.25, 0.3) is 0 Å². The lowest BCUT2D eigenvalue weighted by molar-refractivity contribution is -0.130. The van der Waals surface area contributed by atoms with E-state index >= 15 is 0 Å². The van der Waals surface area contributed by atoms with Crippen LogP contribution in [0.5, 0.6) is 0 Å². The van der Waals surface area contributed by atoms with Gasteiger partial charge in [-0.05, 0) is 25.2 Å². The average molecular weight is 220 g/mol. The minimum atomic E-state index is 0.246. The normalized spacial score (nSPS) is 10.6. The molecule has 3 heteroatoms. The van der Waals surface area contributed by atoms with Crippen molar-refractivity contribution in [3.05, 3.63) is 0 Å². The molecule has 0 spiro atoms. The summed E-state index contributed by atoms with van der Waals surface area (Å²) in [5, 5.41) is 0. The second-order valence-corrected chi connectivity index (χ2v) is 4.52. The van der Waals surface area contributed by atoms with Crippen molar-refractivity contribution in [1.82, 2.24) is 4.90 Å². The first-order valence-corrected chi connectivity index (χ1v) is 5.91. The minimum Gasteiger partial charge on any atom is -0.346 e. The molecular formula is C11H22ClNO. The van der Waals surface area contributed by atoms with E-state index in [1.54, 1.807) is 0 Å². The van der Waals surface area contributed by atoms with Crippen molar-refractivity contribution in [2.24, 2.45) is 5.92 Å². The minimum absolute atomic E-state index is 0.246. The number of nitrogens with zero attached hydrogens (tertiary/aromatic N) is 1. The molecule has 0 unspecified atom stereocenters. The third kappa shape index (κ3) is 7.19. The van der Waals surface area contributed by atoms with Gasteiger partial charge >= 0.3 is 0 Å². The predicted octanol–water partition coefficient (Wildman–Crippen LogP) is 2.90. The van der Waals surface area contributed by atoms with Gasteiger partial charge in [-0.3, -0.25) is 4.79 Å². The Morgan fingerprint density at radius 2 is 2.00 bits per heavy atom. The molecule has 1 amide bonds. The van der Waals surface area contributed by atoms with Crippen LogP contribution in [-0.4, -0.2) is 30.3 Å². The Kier molecular flexibility index (Phi) is 7.96. The van der Waals surface area contributed by atoms with E-state index in [1.807, 2.05) is 11.9 Å². The Bertz CT molecular complexity index is 159. The maximum absolute atomic E-state index is 11.5. The van der Waals surface area contributed by atoms with Gasteiger partial charge in [0.05, 0.1) is 0 Å². The molecule has 0 radical (unpaired) electrons. The molecule has 0 rings (SSSR count). The van der Waals surface area contributed by atoms with Gasteiger partial charge in [-0.2, -0.15) is 0 Å². The lowest BCUT2D eigenvalue weighted by atomic mass is 10.1. The van der Waals surface area contributed by atoms with E-state index in [4.69, 9.17) is 11.6 Å². The van der Waals surface area contributed by atoms with Crippen LogP contribution in [0.2, 0.25) is 0 Å². The number of alkyl halides is 1. The fourth-order valence-corrected chi connectivity index (χ4v) is 1.33. The standard InChI is InChI=1S/C11H22ClNO/c1-10(2)7-9-13(3)11(14)6-4-5-8-12/h10H,4-9H2,1-3H3. The SMILES string of the molecule is CC(C)CCN(C)C(=O)CCCCCl. The Hall–Kier alpha value is -0.240. The Balaban J connectivity index is 3.54. The van der Waals surface area contributed by atoms with Gasteiger partial charge in [0.2, 0.25) is 5.91 Å². The molecule has 0 aliphatic heterocycles. The summed E-state index contributed by atoms with van der Waals surface area (Å²) >= 11 is 5.54. The highest BCUT2D eigenvalue weighted by Crippen LogP contribution is 2.04. The second-order valence-electron chi connectivity index (χ2n) is 4.14. The van der Waals surface area contributed by atoms with Gasteiger partial charge in [0.25, 0.3) is 0 Å². The smallest absolute Gasteiger partial charge is 0.222 e. The zero-order valence-corrected chi connectivity index (χ0v) is 10.3. The van der Waals surface area contributed by atoms with E-state index in [2.05, 4.69) is 13.8 Å². The van der Waals surface area contributed by atoms with E-state index in [0.29, 0.717) is 18.2 Å². The first kappa shape index (κ1) is 13.8. The topological polar surface area (TPSA) is 20.3 Å². The molecule has 0 saturated heterocycles. The van der Waals surface area contributed by atoms with Crippen molar-refractivity contribution in [3.63, 3.8) is 0 Å². The average Bonchev–Trinajstić information content (AvgIpc) is 2.14. The largest absolute Gasteiger partial charge is 0.346 e. The zero-order valence-electron chi connectivity index (χ0n) is 9.55. The number of amides is 1. The number of carbonyl (C=O) groups is 1. The zero-order chi connectivity index (χ0) is 11.0. The first-order chi connectivity index (χ1) is 6.57. The summed E-state index contributed by atoms with van der Waals surface area (Å²) in [6, 6.07) is 0. The van der Waals surface area contributed by atoms with Crippen molar-refractivity contribution >= 4 is 17.5 Å². The van der Waals surface area contributed by atoms with Crippen LogP contribution < -0.4 is 0 Å². The van der Waals surface area contributed by atoms with Crippen molar-refractivity contribution in [1.29, 1.82) is 0 Å².